The van der Waals surface area contributed by atoms with E-state index >= 15 is 0 Å². The first kappa shape index (κ1) is 17.9. The van der Waals surface area contributed by atoms with E-state index in [0.29, 0.717) is 26.3 Å². The molecule has 6 nitrogen and oxygen atoms in total. The Morgan fingerprint density at radius 2 is 2.05 bits per heavy atom. The van der Waals surface area contributed by atoms with Crippen LogP contribution < -0.4 is 5.73 Å². The lowest BCUT2D eigenvalue weighted by molar-refractivity contribution is -0.150. The predicted octanol–water partition coefficient (Wildman–Crippen LogP) is 0.400. The van der Waals surface area contributed by atoms with Crippen LogP contribution in [-0.4, -0.2) is 56.7 Å². The van der Waals surface area contributed by atoms with Crippen LogP contribution >= 0.6 is 0 Å². The van der Waals surface area contributed by atoms with Crippen LogP contribution in [0, 0.1) is 5.92 Å². The fourth-order valence-corrected chi connectivity index (χ4v) is 1.69. The van der Waals surface area contributed by atoms with E-state index < -0.39 is 5.97 Å². The number of carbonyl (C=O) groups excluding carboxylic acids is 2. The minimum Gasteiger partial charge on any atom is -0.465 e. The van der Waals surface area contributed by atoms with Crippen LogP contribution in [0.1, 0.15) is 26.7 Å². The van der Waals surface area contributed by atoms with Crippen molar-refractivity contribution in [2.75, 3.05) is 40.0 Å². The molecule has 0 aromatic heterocycles. The molecule has 2 N–H and O–H groups in total. The standard InChI is InChI=1S/C13H26N2O4/c1-4-19-12(16)10-15(8-9-18-3)13(17)11(2)6-5-7-14/h11H,4-10,14H2,1-3H3. The molecule has 0 aliphatic heterocycles. The second-order valence-corrected chi connectivity index (χ2v) is 4.39. The molecule has 0 radical (unpaired) electrons. The van der Waals surface area contributed by atoms with E-state index in [4.69, 9.17) is 15.2 Å². The first-order chi connectivity index (χ1) is 9.06. The van der Waals surface area contributed by atoms with Gasteiger partial charge >= 0.3 is 5.97 Å². The summed E-state index contributed by atoms with van der Waals surface area (Å²) in [7, 11) is 1.56. The molecule has 112 valence electrons. The molecule has 0 spiro atoms. The summed E-state index contributed by atoms with van der Waals surface area (Å²) in [5.74, 6) is -0.591. The van der Waals surface area contributed by atoms with Crippen molar-refractivity contribution in [3.8, 4) is 0 Å². The maximum Gasteiger partial charge on any atom is 0.325 e. The minimum absolute atomic E-state index is 0.0248. The van der Waals surface area contributed by atoms with Crippen molar-refractivity contribution in [2.45, 2.75) is 26.7 Å². The molecule has 1 atom stereocenters. The van der Waals surface area contributed by atoms with Gasteiger partial charge in [0.15, 0.2) is 0 Å². The molecule has 0 aromatic carbocycles. The SMILES string of the molecule is CCOC(=O)CN(CCOC)C(=O)C(C)CCCN. The van der Waals surface area contributed by atoms with E-state index in [1.807, 2.05) is 6.92 Å². The van der Waals surface area contributed by atoms with Crippen LogP contribution in [0.5, 0.6) is 0 Å². The Balaban J connectivity index is 4.45. The van der Waals surface area contributed by atoms with E-state index in [1.165, 1.54) is 4.90 Å². The van der Waals surface area contributed by atoms with Crippen molar-refractivity contribution in [2.24, 2.45) is 11.7 Å². The highest BCUT2D eigenvalue weighted by atomic mass is 16.5. The van der Waals surface area contributed by atoms with Gasteiger partial charge in [-0.1, -0.05) is 6.92 Å². The molecule has 0 saturated heterocycles. The van der Waals surface area contributed by atoms with Crippen LogP contribution in [-0.2, 0) is 19.1 Å². The quantitative estimate of drug-likeness (QED) is 0.583. The smallest absolute Gasteiger partial charge is 0.325 e. The van der Waals surface area contributed by atoms with Crippen LogP contribution in [0.25, 0.3) is 0 Å². The number of carbonyl (C=O) groups is 2. The minimum atomic E-state index is -0.391. The summed E-state index contributed by atoms with van der Waals surface area (Å²) in [6.45, 7) is 5.23. The maximum absolute atomic E-state index is 12.2. The molecule has 0 aliphatic carbocycles. The van der Waals surface area contributed by atoms with Gasteiger partial charge in [0.25, 0.3) is 0 Å². The summed E-state index contributed by atoms with van der Waals surface area (Å²) in [5, 5.41) is 0. The van der Waals surface area contributed by atoms with E-state index in [-0.39, 0.29) is 18.4 Å². The summed E-state index contributed by atoms with van der Waals surface area (Å²) < 4.78 is 9.83. The van der Waals surface area contributed by atoms with Gasteiger partial charge in [-0.2, -0.15) is 0 Å². The Kier molecular flexibility index (Phi) is 10.1. The van der Waals surface area contributed by atoms with Gasteiger partial charge in [-0.25, -0.2) is 0 Å². The summed E-state index contributed by atoms with van der Waals surface area (Å²) in [5.41, 5.74) is 5.43. The van der Waals surface area contributed by atoms with Gasteiger partial charge in [-0.15, -0.1) is 0 Å². The van der Waals surface area contributed by atoms with Crippen LogP contribution in [0.15, 0.2) is 0 Å². The molecule has 0 aliphatic rings. The Morgan fingerprint density at radius 3 is 2.58 bits per heavy atom. The van der Waals surface area contributed by atoms with Crippen molar-refractivity contribution in [1.82, 2.24) is 4.90 Å². The van der Waals surface area contributed by atoms with Gasteiger partial charge in [0.05, 0.1) is 13.2 Å². The number of nitrogens with zero attached hydrogens (tertiary/aromatic N) is 1. The Hall–Kier alpha value is -1.14. The van der Waals surface area contributed by atoms with E-state index in [0.717, 1.165) is 12.8 Å². The first-order valence-electron chi connectivity index (χ1n) is 6.70. The number of hydrogen-bond acceptors (Lipinski definition) is 5. The molecule has 1 unspecified atom stereocenters. The van der Waals surface area contributed by atoms with Crippen LogP contribution in [0.3, 0.4) is 0 Å². The fraction of sp³-hybridized carbons (Fsp3) is 0.846. The molecular weight excluding hydrogens is 248 g/mol. The van der Waals surface area contributed by atoms with Gasteiger partial charge in [-0.3, -0.25) is 9.59 Å². The summed E-state index contributed by atoms with van der Waals surface area (Å²) in [6.07, 6.45) is 1.52. The Bertz CT molecular complexity index is 271. The third-order valence-corrected chi connectivity index (χ3v) is 2.77. The van der Waals surface area contributed by atoms with Crippen molar-refractivity contribution in [1.29, 1.82) is 0 Å². The van der Waals surface area contributed by atoms with Gasteiger partial charge in [0.1, 0.15) is 6.54 Å². The molecule has 0 fully saturated rings. The zero-order valence-corrected chi connectivity index (χ0v) is 12.2. The largest absolute Gasteiger partial charge is 0.465 e. The number of methoxy groups -OCH3 is 1. The van der Waals surface area contributed by atoms with Gasteiger partial charge < -0.3 is 20.1 Å². The van der Waals surface area contributed by atoms with Crippen molar-refractivity contribution >= 4 is 11.9 Å². The number of esters is 1. The molecule has 1 amide bonds. The summed E-state index contributed by atoms with van der Waals surface area (Å²) in [4.78, 5) is 25.2. The average molecular weight is 274 g/mol. The topological polar surface area (TPSA) is 81.9 Å². The lowest BCUT2D eigenvalue weighted by atomic mass is 10.0. The van der Waals surface area contributed by atoms with Crippen molar-refractivity contribution < 1.29 is 19.1 Å². The van der Waals surface area contributed by atoms with Crippen LogP contribution in [0.4, 0.5) is 0 Å². The highest BCUT2D eigenvalue weighted by Crippen LogP contribution is 2.09. The lowest BCUT2D eigenvalue weighted by Crippen LogP contribution is -2.41. The number of ether oxygens (including phenoxy) is 2. The second kappa shape index (κ2) is 10.8. The lowest BCUT2D eigenvalue weighted by Gasteiger charge is -2.24. The second-order valence-electron chi connectivity index (χ2n) is 4.39. The molecule has 19 heavy (non-hydrogen) atoms. The number of nitrogens with two attached hydrogens (primary N) is 1. The first-order valence-corrected chi connectivity index (χ1v) is 6.70. The molecule has 0 bridgehead atoms. The Morgan fingerprint density at radius 1 is 1.37 bits per heavy atom. The van der Waals surface area contributed by atoms with Crippen molar-refractivity contribution in [3.05, 3.63) is 0 Å². The predicted molar refractivity (Wildman–Crippen MR) is 72.5 cm³/mol. The molecule has 0 saturated carbocycles. The summed E-state index contributed by atoms with van der Waals surface area (Å²) in [6, 6.07) is 0. The fourth-order valence-electron chi connectivity index (χ4n) is 1.69. The highest BCUT2D eigenvalue weighted by molar-refractivity contribution is 5.83. The average Bonchev–Trinajstić information content (AvgIpc) is 2.40. The maximum atomic E-state index is 12.2. The third-order valence-electron chi connectivity index (χ3n) is 2.77. The third kappa shape index (κ3) is 7.79. The monoisotopic (exact) mass is 274 g/mol. The van der Waals surface area contributed by atoms with E-state index in [1.54, 1.807) is 14.0 Å². The number of rotatable bonds is 10. The number of hydrogen-bond donors (Lipinski definition) is 1. The zero-order chi connectivity index (χ0) is 14.7. The zero-order valence-electron chi connectivity index (χ0n) is 12.2. The van der Waals surface area contributed by atoms with E-state index in [9.17, 15) is 9.59 Å². The number of amides is 1. The van der Waals surface area contributed by atoms with E-state index in [2.05, 4.69) is 0 Å². The normalized spacial score (nSPS) is 12.0. The molecule has 0 heterocycles. The van der Waals surface area contributed by atoms with Gasteiger partial charge in [-0.05, 0) is 26.3 Å². The molecular formula is C13H26N2O4. The molecule has 0 aromatic rings. The highest BCUT2D eigenvalue weighted by Gasteiger charge is 2.22. The Labute approximate surface area is 115 Å². The van der Waals surface area contributed by atoms with Gasteiger partial charge in [0, 0.05) is 19.6 Å². The summed E-state index contributed by atoms with van der Waals surface area (Å²) >= 11 is 0. The molecule has 6 heteroatoms. The van der Waals surface area contributed by atoms with Crippen molar-refractivity contribution in [3.63, 3.8) is 0 Å². The van der Waals surface area contributed by atoms with Gasteiger partial charge in [0.2, 0.25) is 5.91 Å². The molecule has 0 rings (SSSR count). The van der Waals surface area contributed by atoms with Crippen LogP contribution in [0.2, 0.25) is 0 Å².